The van der Waals surface area contributed by atoms with E-state index in [0.29, 0.717) is 11.0 Å². The molecule has 0 aliphatic carbocycles. The number of fused-ring (bicyclic) bond motifs is 1. The number of aromatic nitrogens is 2. The van der Waals surface area contributed by atoms with Gasteiger partial charge in [-0.15, -0.1) is 0 Å². The summed E-state index contributed by atoms with van der Waals surface area (Å²) in [7, 11) is -1.08. The third-order valence-corrected chi connectivity index (χ3v) is 4.16. The van der Waals surface area contributed by atoms with Crippen molar-refractivity contribution < 1.29 is 39.6 Å². The van der Waals surface area contributed by atoms with E-state index >= 15 is 0 Å². The number of rotatable bonds is 7. The van der Waals surface area contributed by atoms with Gasteiger partial charge in [-0.25, -0.2) is 4.79 Å². The van der Waals surface area contributed by atoms with Crippen molar-refractivity contribution in [3.05, 3.63) is 34.6 Å². The molecular formula is C16H20BClN2O8. The molecule has 0 saturated carbocycles. The van der Waals surface area contributed by atoms with Crippen LogP contribution in [-0.4, -0.2) is 49.6 Å². The Kier molecular flexibility index (Phi) is 6.26. The zero-order chi connectivity index (χ0) is 19.9. The van der Waals surface area contributed by atoms with E-state index < -0.39 is 19.1 Å². The van der Waals surface area contributed by atoms with Crippen molar-refractivity contribution in [3.8, 4) is 11.5 Å². The molecule has 0 bridgehead atoms. The molecule has 2 aromatic rings. The molecule has 10 nitrogen and oxygen atoms in total. The van der Waals surface area contributed by atoms with Gasteiger partial charge in [0.1, 0.15) is 23.7 Å². The predicted octanol–water partition coefficient (Wildman–Crippen LogP) is 0.332. The van der Waals surface area contributed by atoms with Crippen LogP contribution < -0.4 is 14.9 Å². The van der Waals surface area contributed by atoms with Gasteiger partial charge in [-0.05, 0) is 19.9 Å². The Morgan fingerprint density at radius 3 is 2.64 bits per heavy atom. The number of nitrogens with zero attached hydrogens (tertiary/aromatic N) is 2. The lowest BCUT2D eigenvalue weighted by Crippen LogP contribution is -2.55. The lowest BCUT2D eigenvalue weighted by atomic mass is 9.71. The number of ether oxygens (including phenoxy) is 1. The van der Waals surface area contributed by atoms with Crippen LogP contribution in [0.4, 0.5) is 0 Å². The van der Waals surface area contributed by atoms with E-state index in [0.717, 1.165) is 6.92 Å². The van der Waals surface area contributed by atoms with E-state index in [1.165, 1.54) is 12.1 Å². The van der Waals surface area contributed by atoms with Gasteiger partial charge in [0.15, 0.2) is 5.15 Å². The maximum Gasteiger partial charge on any atom is 0.570 e. The number of carbonyl (C=O) groups is 1. The minimum Gasteiger partial charge on any atom is -0.532 e. The third kappa shape index (κ3) is 4.40. The Balaban J connectivity index is 0.00000280. The summed E-state index contributed by atoms with van der Waals surface area (Å²) in [4.78, 5) is 11.7. The average molecular weight is 415 g/mol. The normalized spacial score (nSPS) is 12.8. The van der Waals surface area contributed by atoms with Crippen molar-refractivity contribution in [2.75, 3.05) is 0 Å². The zero-order valence-corrected chi connectivity index (χ0v) is 16.1. The van der Waals surface area contributed by atoms with E-state index in [9.17, 15) is 20.1 Å². The first-order valence-corrected chi connectivity index (χ1v) is 8.50. The molecule has 0 amide bonds. The summed E-state index contributed by atoms with van der Waals surface area (Å²) in [5.41, 5.74) is 0.805. The third-order valence-electron chi connectivity index (χ3n) is 3.84. The van der Waals surface area contributed by atoms with E-state index in [-0.39, 0.29) is 40.3 Å². The molecule has 2 heterocycles. The molecular weight excluding hydrogens is 394 g/mol. The summed E-state index contributed by atoms with van der Waals surface area (Å²) < 4.78 is 17.4. The summed E-state index contributed by atoms with van der Waals surface area (Å²) in [6.45, 7) is 4.95. The van der Waals surface area contributed by atoms with E-state index in [4.69, 9.17) is 25.6 Å². The molecule has 1 aliphatic rings. The summed E-state index contributed by atoms with van der Waals surface area (Å²) in [6.07, 6.45) is 1.73. The number of benzene rings is 1. The molecule has 12 heteroatoms. The van der Waals surface area contributed by atoms with Gasteiger partial charge in [-0.1, -0.05) is 17.7 Å². The SMILES string of the molecule is CC(C)n1cc(COc2ccc3c(c2C(=O)O)OB3OC(C)(O)O)c(Cl)n1.O. The maximum atomic E-state index is 11.7. The summed E-state index contributed by atoms with van der Waals surface area (Å²) in [6, 6.07) is 3.11. The average Bonchev–Trinajstić information content (AvgIpc) is 2.90. The Labute approximate surface area is 165 Å². The smallest absolute Gasteiger partial charge is 0.532 e. The van der Waals surface area contributed by atoms with Crippen molar-refractivity contribution >= 4 is 30.2 Å². The van der Waals surface area contributed by atoms with Crippen molar-refractivity contribution in [1.29, 1.82) is 0 Å². The molecule has 152 valence electrons. The van der Waals surface area contributed by atoms with Gasteiger partial charge in [-0.2, -0.15) is 5.10 Å². The highest BCUT2D eigenvalue weighted by atomic mass is 35.5. The Bertz CT molecular complexity index is 880. The predicted molar refractivity (Wildman–Crippen MR) is 98.9 cm³/mol. The Hall–Kier alpha value is -2.31. The van der Waals surface area contributed by atoms with Gasteiger partial charge in [0.2, 0.25) is 0 Å². The maximum absolute atomic E-state index is 11.7. The van der Waals surface area contributed by atoms with Crippen LogP contribution in [0, 0.1) is 0 Å². The highest BCUT2D eigenvalue weighted by molar-refractivity contribution is 6.67. The topological polar surface area (TPSA) is 155 Å². The molecule has 1 aromatic carbocycles. The molecule has 5 N–H and O–H groups in total. The monoisotopic (exact) mass is 414 g/mol. The van der Waals surface area contributed by atoms with Crippen molar-refractivity contribution in [1.82, 2.24) is 9.78 Å². The van der Waals surface area contributed by atoms with Crippen molar-refractivity contribution in [3.63, 3.8) is 0 Å². The molecule has 3 rings (SSSR count). The van der Waals surface area contributed by atoms with Crippen LogP contribution in [0.15, 0.2) is 18.3 Å². The van der Waals surface area contributed by atoms with Crippen molar-refractivity contribution in [2.45, 2.75) is 39.4 Å². The molecule has 1 aliphatic heterocycles. The van der Waals surface area contributed by atoms with Crippen LogP contribution >= 0.6 is 11.6 Å². The van der Waals surface area contributed by atoms with E-state index in [2.05, 4.69) is 5.10 Å². The van der Waals surface area contributed by atoms with Crippen LogP contribution in [0.1, 0.15) is 42.7 Å². The fourth-order valence-electron chi connectivity index (χ4n) is 2.54. The summed E-state index contributed by atoms with van der Waals surface area (Å²) >= 11 is 6.09. The highest BCUT2D eigenvalue weighted by Gasteiger charge is 2.45. The summed E-state index contributed by atoms with van der Waals surface area (Å²) in [5, 5.41) is 32.5. The molecule has 0 atom stereocenters. The first kappa shape index (κ1) is 22.0. The van der Waals surface area contributed by atoms with Crippen LogP contribution in [0.5, 0.6) is 11.5 Å². The van der Waals surface area contributed by atoms with Crippen LogP contribution in [0.3, 0.4) is 0 Å². The number of hydrogen-bond acceptors (Lipinski definition) is 7. The molecule has 0 spiro atoms. The molecule has 0 fully saturated rings. The largest absolute Gasteiger partial charge is 0.570 e. The molecule has 0 unspecified atom stereocenters. The minimum absolute atomic E-state index is 0. The van der Waals surface area contributed by atoms with Gasteiger partial charge in [0, 0.05) is 30.2 Å². The molecule has 1 aromatic heterocycles. The number of carboxylic acids is 1. The van der Waals surface area contributed by atoms with Gasteiger partial charge in [-0.3, -0.25) is 4.68 Å². The highest BCUT2D eigenvalue weighted by Crippen LogP contribution is 2.34. The van der Waals surface area contributed by atoms with E-state index in [1.807, 2.05) is 13.8 Å². The van der Waals surface area contributed by atoms with Crippen LogP contribution in [0.25, 0.3) is 0 Å². The second kappa shape index (κ2) is 7.98. The van der Waals surface area contributed by atoms with Gasteiger partial charge in [0.05, 0.1) is 0 Å². The second-order valence-electron chi connectivity index (χ2n) is 6.47. The number of aliphatic hydroxyl groups is 2. The van der Waals surface area contributed by atoms with Gasteiger partial charge < -0.3 is 34.8 Å². The Morgan fingerprint density at radius 1 is 1.43 bits per heavy atom. The minimum atomic E-state index is -2.41. The first-order valence-electron chi connectivity index (χ1n) is 8.12. The second-order valence-corrected chi connectivity index (χ2v) is 6.83. The van der Waals surface area contributed by atoms with E-state index in [1.54, 1.807) is 10.9 Å². The Morgan fingerprint density at radius 2 is 2.11 bits per heavy atom. The van der Waals surface area contributed by atoms with Gasteiger partial charge in [0.25, 0.3) is 5.97 Å². The number of carboxylic acid groups (broad SMARTS) is 1. The fourth-order valence-corrected chi connectivity index (χ4v) is 2.73. The molecule has 0 saturated heterocycles. The fraction of sp³-hybridized carbons (Fsp3) is 0.375. The number of aromatic carboxylic acids is 1. The number of hydrogen-bond donors (Lipinski definition) is 3. The standard InChI is InChI=1S/C16H18BClN2O7.H2O/c1-8(2)20-6-9(14(18)19-20)7-25-11-5-4-10-13(12(11)15(21)22)26-17(10)27-16(3,23)24;/h4-6,8,23-24H,7H2,1-3H3,(H,21,22);1H2. The summed E-state index contributed by atoms with van der Waals surface area (Å²) in [5.74, 6) is -3.52. The van der Waals surface area contributed by atoms with Crippen molar-refractivity contribution in [2.24, 2.45) is 0 Å². The number of halogens is 1. The van der Waals surface area contributed by atoms with Gasteiger partial charge >= 0.3 is 13.1 Å². The lowest BCUT2D eigenvalue weighted by molar-refractivity contribution is -0.285. The zero-order valence-electron chi connectivity index (χ0n) is 15.3. The molecule has 0 radical (unpaired) electrons. The molecule has 28 heavy (non-hydrogen) atoms. The lowest BCUT2D eigenvalue weighted by Gasteiger charge is -2.32. The van der Waals surface area contributed by atoms with Crippen LogP contribution in [0.2, 0.25) is 5.15 Å². The van der Waals surface area contributed by atoms with Crippen LogP contribution in [-0.2, 0) is 11.3 Å². The quantitative estimate of drug-likeness (QED) is 0.432. The first-order chi connectivity index (χ1) is 12.6.